The Morgan fingerprint density at radius 1 is 1.41 bits per heavy atom. The lowest BCUT2D eigenvalue weighted by molar-refractivity contribution is -0.121. The van der Waals surface area contributed by atoms with Gasteiger partial charge in [-0.15, -0.1) is 0 Å². The van der Waals surface area contributed by atoms with Crippen LogP contribution in [0.25, 0.3) is 0 Å². The molecule has 4 nitrogen and oxygen atoms in total. The number of amides is 1. The first kappa shape index (κ1) is 12.1. The van der Waals surface area contributed by atoms with Crippen molar-refractivity contribution in [2.75, 3.05) is 31.6 Å². The first-order chi connectivity index (χ1) is 8.13. The fourth-order valence-electron chi connectivity index (χ4n) is 2.23. The molecule has 1 aromatic rings. The number of carbonyl (C=O) groups is 1. The molecule has 1 atom stereocenters. The van der Waals surface area contributed by atoms with Gasteiger partial charge < -0.3 is 10.6 Å². The predicted molar refractivity (Wildman–Crippen MR) is 69.0 cm³/mol. The quantitative estimate of drug-likeness (QED) is 0.814. The molecule has 1 fully saturated rings. The highest BCUT2D eigenvalue weighted by Crippen LogP contribution is 2.22. The summed E-state index contributed by atoms with van der Waals surface area (Å²) >= 11 is 0. The van der Waals surface area contributed by atoms with E-state index in [4.69, 9.17) is 5.73 Å². The minimum Gasteiger partial charge on any atom is -0.329 e. The van der Waals surface area contributed by atoms with Gasteiger partial charge in [0, 0.05) is 24.8 Å². The average Bonchev–Trinajstić information content (AvgIpc) is 2.31. The van der Waals surface area contributed by atoms with Crippen molar-refractivity contribution in [1.82, 2.24) is 4.90 Å². The molecule has 0 radical (unpaired) electrons. The zero-order chi connectivity index (χ0) is 12.4. The number of rotatable bonds is 2. The second-order valence-electron chi connectivity index (χ2n) is 4.60. The van der Waals surface area contributed by atoms with Gasteiger partial charge in [-0.3, -0.25) is 9.69 Å². The summed E-state index contributed by atoms with van der Waals surface area (Å²) in [5.74, 6) is 0.145. The molecule has 0 aliphatic carbocycles. The van der Waals surface area contributed by atoms with Gasteiger partial charge in [-0.1, -0.05) is 18.2 Å². The van der Waals surface area contributed by atoms with Crippen LogP contribution >= 0.6 is 0 Å². The smallest absolute Gasteiger partial charge is 0.241 e. The molecular weight excluding hydrogens is 214 g/mol. The van der Waals surface area contributed by atoms with Crippen LogP contribution in [0, 0.1) is 6.92 Å². The van der Waals surface area contributed by atoms with Crippen molar-refractivity contribution in [3.05, 3.63) is 29.8 Å². The molecule has 0 bridgehead atoms. The van der Waals surface area contributed by atoms with Crippen LogP contribution in [0.5, 0.6) is 0 Å². The monoisotopic (exact) mass is 233 g/mol. The topological polar surface area (TPSA) is 49.6 Å². The molecule has 0 saturated carbocycles. The number of nitrogens with zero attached hydrogens (tertiary/aromatic N) is 2. The third-order valence-corrected chi connectivity index (χ3v) is 3.38. The molecule has 1 saturated heterocycles. The average molecular weight is 233 g/mol. The zero-order valence-electron chi connectivity index (χ0n) is 10.4. The number of nitrogens with two attached hydrogens (primary N) is 1. The summed E-state index contributed by atoms with van der Waals surface area (Å²) in [4.78, 5) is 15.9. The molecule has 1 aromatic carbocycles. The van der Waals surface area contributed by atoms with E-state index < -0.39 is 0 Å². The van der Waals surface area contributed by atoms with Gasteiger partial charge in [-0.05, 0) is 25.6 Å². The molecule has 1 aliphatic rings. The normalized spacial score (nSPS) is 21.9. The second-order valence-corrected chi connectivity index (χ2v) is 4.60. The lowest BCUT2D eigenvalue weighted by Gasteiger charge is -2.39. The molecule has 1 heterocycles. The molecule has 17 heavy (non-hydrogen) atoms. The Kier molecular flexibility index (Phi) is 3.45. The number of piperazine rings is 1. The lowest BCUT2D eigenvalue weighted by atomic mass is 10.1. The summed E-state index contributed by atoms with van der Waals surface area (Å²) < 4.78 is 0. The lowest BCUT2D eigenvalue weighted by Crippen LogP contribution is -2.57. The van der Waals surface area contributed by atoms with Gasteiger partial charge in [0.2, 0.25) is 5.91 Å². The van der Waals surface area contributed by atoms with Gasteiger partial charge in [0.15, 0.2) is 0 Å². The third-order valence-electron chi connectivity index (χ3n) is 3.38. The maximum Gasteiger partial charge on any atom is 0.241 e. The Bertz CT molecular complexity index is 419. The van der Waals surface area contributed by atoms with Crippen molar-refractivity contribution in [3.63, 3.8) is 0 Å². The molecular formula is C13H19N3O. The minimum atomic E-state index is 0.145. The van der Waals surface area contributed by atoms with E-state index in [0.29, 0.717) is 19.6 Å². The highest BCUT2D eigenvalue weighted by molar-refractivity contribution is 5.96. The molecule has 2 rings (SSSR count). The van der Waals surface area contributed by atoms with Gasteiger partial charge in [0.05, 0.1) is 6.54 Å². The van der Waals surface area contributed by atoms with Crippen LogP contribution in [0.3, 0.4) is 0 Å². The Morgan fingerprint density at radius 2 is 2.12 bits per heavy atom. The van der Waals surface area contributed by atoms with Gasteiger partial charge >= 0.3 is 0 Å². The van der Waals surface area contributed by atoms with E-state index in [-0.39, 0.29) is 11.9 Å². The molecule has 0 aromatic heterocycles. The highest BCUT2D eigenvalue weighted by Gasteiger charge is 2.30. The first-order valence-corrected chi connectivity index (χ1v) is 5.89. The van der Waals surface area contributed by atoms with E-state index >= 15 is 0 Å². The zero-order valence-corrected chi connectivity index (χ0v) is 10.4. The number of likely N-dealkylation sites (N-methyl/N-ethyl adjacent to an activating group) is 1. The van der Waals surface area contributed by atoms with Crippen molar-refractivity contribution < 1.29 is 4.79 Å². The van der Waals surface area contributed by atoms with Gasteiger partial charge in [-0.25, -0.2) is 0 Å². The van der Waals surface area contributed by atoms with Gasteiger partial charge in [-0.2, -0.15) is 0 Å². The summed E-state index contributed by atoms with van der Waals surface area (Å²) in [6, 6.07) is 8.21. The van der Waals surface area contributed by atoms with Crippen molar-refractivity contribution in [2.45, 2.75) is 13.0 Å². The Labute approximate surface area is 102 Å². The van der Waals surface area contributed by atoms with Crippen molar-refractivity contribution in [1.29, 1.82) is 0 Å². The molecule has 1 aliphatic heterocycles. The first-order valence-electron chi connectivity index (χ1n) is 5.89. The Balaban J connectivity index is 2.26. The molecule has 1 unspecified atom stereocenters. The second kappa shape index (κ2) is 4.85. The van der Waals surface area contributed by atoms with Crippen molar-refractivity contribution in [3.8, 4) is 0 Å². The van der Waals surface area contributed by atoms with Crippen LogP contribution < -0.4 is 10.6 Å². The summed E-state index contributed by atoms with van der Waals surface area (Å²) in [7, 11) is 1.95. The van der Waals surface area contributed by atoms with Crippen LogP contribution in [-0.2, 0) is 4.79 Å². The number of aryl methyl sites for hydroxylation is 1. The van der Waals surface area contributed by atoms with E-state index in [1.165, 1.54) is 0 Å². The molecule has 4 heteroatoms. The summed E-state index contributed by atoms with van der Waals surface area (Å²) in [6.07, 6.45) is 0. The SMILES string of the molecule is Cc1ccccc1N1CC(CN)N(C)CC1=O. The summed E-state index contributed by atoms with van der Waals surface area (Å²) in [5.41, 5.74) is 7.87. The number of carbonyl (C=O) groups excluding carboxylic acids is 1. The van der Waals surface area contributed by atoms with Crippen LogP contribution in [-0.4, -0.2) is 43.5 Å². The maximum absolute atomic E-state index is 12.1. The van der Waals surface area contributed by atoms with E-state index in [1.807, 2.05) is 48.0 Å². The fraction of sp³-hybridized carbons (Fsp3) is 0.462. The maximum atomic E-state index is 12.1. The Morgan fingerprint density at radius 3 is 2.76 bits per heavy atom. The van der Waals surface area contributed by atoms with Crippen molar-refractivity contribution >= 4 is 11.6 Å². The number of hydrogen-bond acceptors (Lipinski definition) is 3. The van der Waals surface area contributed by atoms with E-state index in [1.54, 1.807) is 0 Å². The Hall–Kier alpha value is -1.39. The number of benzene rings is 1. The van der Waals surface area contributed by atoms with Crippen LogP contribution in [0.4, 0.5) is 5.69 Å². The minimum absolute atomic E-state index is 0.145. The number of hydrogen-bond donors (Lipinski definition) is 1. The van der Waals surface area contributed by atoms with Crippen LogP contribution in [0.15, 0.2) is 24.3 Å². The van der Waals surface area contributed by atoms with Crippen LogP contribution in [0.2, 0.25) is 0 Å². The largest absolute Gasteiger partial charge is 0.329 e. The number of anilines is 1. The van der Waals surface area contributed by atoms with E-state index in [2.05, 4.69) is 0 Å². The molecule has 92 valence electrons. The molecule has 1 amide bonds. The van der Waals surface area contributed by atoms with E-state index in [0.717, 1.165) is 11.3 Å². The van der Waals surface area contributed by atoms with Crippen LogP contribution in [0.1, 0.15) is 5.56 Å². The predicted octanol–water partition coefficient (Wildman–Crippen LogP) is 0.601. The van der Waals surface area contributed by atoms with Crippen molar-refractivity contribution in [2.24, 2.45) is 5.73 Å². The summed E-state index contributed by atoms with van der Waals surface area (Å²) in [6.45, 7) is 3.72. The number of para-hydroxylation sites is 1. The molecule has 2 N–H and O–H groups in total. The molecule has 0 spiro atoms. The van der Waals surface area contributed by atoms with Gasteiger partial charge in [0.25, 0.3) is 0 Å². The van der Waals surface area contributed by atoms with E-state index in [9.17, 15) is 4.79 Å². The standard InChI is InChI=1S/C13H19N3O/c1-10-5-3-4-6-12(10)16-8-11(7-14)15(2)9-13(16)17/h3-6,11H,7-9,14H2,1-2H3. The summed E-state index contributed by atoms with van der Waals surface area (Å²) in [5, 5.41) is 0. The fourth-order valence-corrected chi connectivity index (χ4v) is 2.23. The third kappa shape index (κ3) is 2.33. The highest BCUT2D eigenvalue weighted by atomic mass is 16.2. The van der Waals surface area contributed by atoms with Gasteiger partial charge in [0.1, 0.15) is 0 Å².